The normalized spacial score (nSPS) is 23.6. The molecule has 2 aliphatic heterocycles. The van der Waals surface area contributed by atoms with Crippen LogP contribution in [-0.2, 0) is 26.9 Å². The van der Waals surface area contributed by atoms with Gasteiger partial charge in [0.15, 0.2) is 9.84 Å². The Balaban J connectivity index is 1.56. The first kappa shape index (κ1) is 18.3. The molecule has 4 heterocycles. The molecule has 0 aromatic carbocycles. The Hall–Kier alpha value is -2.10. The number of ether oxygens (including phenoxy) is 1. The lowest BCUT2D eigenvalue weighted by atomic mass is 10.00. The molecular weight excluding hydrogens is 366 g/mol. The van der Waals surface area contributed by atoms with Crippen LogP contribution in [0.15, 0.2) is 30.6 Å². The Kier molecular flexibility index (Phi) is 5.07. The molecule has 1 fully saturated rings. The minimum absolute atomic E-state index is 0.0160. The molecule has 0 unspecified atom stereocenters. The van der Waals surface area contributed by atoms with E-state index >= 15 is 0 Å². The number of nitrogens with zero attached hydrogens (tertiary/aromatic N) is 4. The highest BCUT2D eigenvalue weighted by molar-refractivity contribution is 7.91. The molecule has 1 N–H and O–H groups in total. The lowest BCUT2D eigenvalue weighted by Gasteiger charge is -2.26. The molecule has 2 atom stereocenters. The van der Waals surface area contributed by atoms with Gasteiger partial charge in [0.05, 0.1) is 35.5 Å². The van der Waals surface area contributed by atoms with Gasteiger partial charge in [0, 0.05) is 50.6 Å². The monoisotopic (exact) mass is 389 g/mol. The third-order valence-electron chi connectivity index (χ3n) is 5.17. The molecule has 0 bridgehead atoms. The largest absolute Gasteiger partial charge is 0.383 e. The van der Waals surface area contributed by atoms with E-state index in [2.05, 4.69) is 25.2 Å². The highest BCUT2D eigenvalue weighted by Gasteiger charge is 2.47. The number of rotatable bonds is 6. The van der Waals surface area contributed by atoms with Crippen molar-refractivity contribution in [1.29, 1.82) is 0 Å². The van der Waals surface area contributed by atoms with Gasteiger partial charge < -0.3 is 10.1 Å². The smallest absolute Gasteiger partial charge is 0.223 e. The first-order valence-electron chi connectivity index (χ1n) is 8.99. The molecule has 8 nitrogen and oxygen atoms in total. The van der Waals surface area contributed by atoms with Crippen molar-refractivity contribution >= 4 is 15.8 Å². The third kappa shape index (κ3) is 3.80. The Bertz CT molecular complexity index is 906. The van der Waals surface area contributed by atoms with Crippen LogP contribution in [-0.4, -0.2) is 66.9 Å². The number of likely N-dealkylation sites (tertiary alicyclic amines) is 1. The molecule has 0 amide bonds. The van der Waals surface area contributed by atoms with Crippen molar-refractivity contribution in [1.82, 2.24) is 19.9 Å². The van der Waals surface area contributed by atoms with Crippen LogP contribution in [0.25, 0.3) is 0 Å². The zero-order valence-corrected chi connectivity index (χ0v) is 16.0. The summed E-state index contributed by atoms with van der Waals surface area (Å²) in [7, 11) is -1.54. The fraction of sp³-hybridized carbons (Fsp3) is 0.500. The average molecular weight is 389 g/mol. The highest BCUT2D eigenvalue weighted by Crippen LogP contribution is 2.39. The molecule has 2 aromatic heterocycles. The van der Waals surface area contributed by atoms with Crippen LogP contribution >= 0.6 is 0 Å². The molecule has 9 heteroatoms. The van der Waals surface area contributed by atoms with Crippen LogP contribution < -0.4 is 5.32 Å². The van der Waals surface area contributed by atoms with E-state index in [1.807, 2.05) is 18.2 Å². The van der Waals surface area contributed by atoms with Crippen LogP contribution in [0.1, 0.15) is 22.9 Å². The van der Waals surface area contributed by atoms with Crippen LogP contribution in [0.4, 0.5) is 5.95 Å². The first-order valence-corrected chi connectivity index (χ1v) is 10.7. The van der Waals surface area contributed by atoms with Crippen molar-refractivity contribution in [2.45, 2.75) is 23.5 Å². The number of pyridine rings is 1. The predicted molar refractivity (Wildman–Crippen MR) is 101 cm³/mol. The maximum absolute atomic E-state index is 12.7. The Morgan fingerprint density at radius 3 is 2.96 bits per heavy atom. The minimum Gasteiger partial charge on any atom is -0.383 e. The SMILES string of the molecule is COCCN1C[C@H]2c3nc(NCc4ccccn4)ncc3CS(=O)(=O)[C@H]2C1. The average Bonchev–Trinajstić information content (AvgIpc) is 3.11. The van der Waals surface area contributed by atoms with Gasteiger partial charge in [-0.3, -0.25) is 9.88 Å². The molecule has 0 radical (unpaired) electrons. The lowest BCUT2D eigenvalue weighted by Crippen LogP contribution is -2.35. The number of nitrogens with one attached hydrogen (secondary N) is 1. The zero-order chi connectivity index (χ0) is 18.9. The second-order valence-electron chi connectivity index (χ2n) is 6.98. The third-order valence-corrected chi connectivity index (χ3v) is 7.29. The number of sulfone groups is 1. The summed E-state index contributed by atoms with van der Waals surface area (Å²) in [4.78, 5) is 15.4. The Morgan fingerprint density at radius 1 is 1.30 bits per heavy atom. The number of hydrogen-bond donors (Lipinski definition) is 1. The molecule has 0 aliphatic carbocycles. The van der Waals surface area contributed by atoms with Gasteiger partial charge in [-0.2, -0.15) is 0 Å². The van der Waals surface area contributed by atoms with Gasteiger partial charge in [-0.25, -0.2) is 18.4 Å². The fourth-order valence-electron chi connectivity index (χ4n) is 3.81. The molecule has 0 spiro atoms. The van der Waals surface area contributed by atoms with Crippen molar-refractivity contribution in [3.05, 3.63) is 47.5 Å². The zero-order valence-electron chi connectivity index (χ0n) is 15.2. The summed E-state index contributed by atoms with van der Waals surface area (Å²) in [5.41, 5.74) is 2.47. The van der Waals surface area contributed by atoms with E-state index in [-0.39, 0.29) is 11.7 Å². The molecule has 4 rings (SSSR count). The molecule has 2 aliphatic rings. The number of hydrogen-bond acceptors (Lipinski definition) is 8. The van der Waals surface area contributed by atoms with E-state index in [9.17, 15) is 8.42 Å². The van der Waals surface area contributed by atoms with Crippen molar-refractivity contribution in [3.8, 4) is 0 Å². The minimum atomic E-state index is -3.19. The van der Waals surface area contributed by atoms with E-state index in [4.69, 9.17) is 4.74 Å². The summed E-state index contributed by atoms with van der Waals surface area (Å²) in [6.45, 7) is 3.05. The summed E-state index contributed by atoms with van der Waals surface area (Å²) in [6, 6.07) is 5.73. The van der Waals surface area contributed by atoms with Crippen molar-refractivity contribution in [3.63, 3.8) is 0 Å². The van der Waals surface area contributed by atoms with Gasteiger partial charge in [0.2, 0.25) is 5.95 Å². The van der Waals surface area contributed by atoms with Crippen LogP contribution in [0.2, 0.25) is 0 Å². The number of aromatic nitrogens is 3. The maximum Gasteiger partial charge on any atom is 0.223 e. The van der Waals surface area contributed by atoms with Crippen molar-refractivity contribution in [2.75, 3.05) is 38.7 Å². The van der Waals surface area contributed by atoms with Crippen molar-refractivity contribution in [2.24, 2.45) is 0 Å². The standard InChI is InChI=1S/C18H23N5O3S/c1-26-7-6-23-10-15-16(11-23)27(24,25)12-13-8-20-18(22-17(13)15)21-9-14-4-2-3-5-19-14/h2-5,8,15-16H,6-7,9-12H2,1H3,(H,20,21,22)/t15-,16+/m1/s1. The van der Waals surface area contributed by atoms with E-state index in [0.717, 1.165) is 17.9 Å². The molecule has 27 heavy (non-hydrogen) atoms. The van der Waals surface area contributed by atoms with Gasteiger partial charge in [0.1, 0.15) is 0 Å². The number of methoxy groups -OCH3 is 1. The van der Waals surface area contributed by atoms with E-state index in [1.54, 1.807) is 19.5 Å². The van der Waals surface area contributed by atoms with Crippen LogP contribution in [0.3, 0.4) is 0 Å². The van der Waals surface area contributed by atoms with E-state index < -0.39 is 15.1 Å². The molecule has 2 aromatic rings. The van der Waals surface area contributed by atoms with Gasteiger partial charge in [-0.15, -0.1) is 0 Å². The quantitative estimate of drug-likeness (QED) is 0.776. The second kappa shape index (κ2) is 7.49. The maximum atomic E-state index is 12.7. The van der Waals surface area contributed by atoms with Crippen LogP contribution in [0, 0.1) is 0 Å². The van der Waals surface area contributed by atoms with Gasteiger partial charge in [0.25, 0.3) is 0 Å². The van der Waals surface area contributed by atoms with Gasteiger partial charge >= 0.3 is 0 Å². The lowest BCUT2D eigenvalue weighted by molar-refractivity contribution is 0.160. The van der Waals surface area contributed by atoms with E-state index in [0.29, 0.717) is 37.8 Å². The second-order valence-corrected chi connectivity index (χ2v) is 9.20. The fourth-order valence-corrected chi connectivity index (χ4v) is 5.84. The summed E-state index contributed by atoms with van der Waals surface area (Å²) in [6.07, 6.45) is 3.39. The van der Waals surface area contributed by atoms with Gasteiger partial charge in [-0.1, -0.05) is 6.07 Å². The summed E-state index contributed by atoms with van der Waals surface area (Å²) >= 11 is 0. The molecular formula is C18H23N5O3S. The summed E-state index contributed by atoms with van der Waals surface area (Å²) in [5, 5.41) is 2.79. The van der Waals surface area contributed by atoms with Crippen LogP contribution in [0.5, 0.6) is 0 Å². The molecule has 144 valence electrons. The Labute approximate surface area is 158 Å². The summed E-state index contributed by atoms with van der Waals surface area (Å²) in [5.74, 6) is 0.407. The molecule has 0 saturated carbocycles. The first-order chi connectivity index (χ1) is 13.1. The summed E-state index contributed by atoms with van der Waals surface area (Å²) < 4.78 is 30.5. The Morgan fingerprint density at radius 2 is 2.19 bits per heavy atom. The van der Waals surface area contributed by atoms with Crippen molar-refractivity contribution < 1.29 is 13.2 Å². The molecule has 1 saturated heterocycles. The number of fused-ring (bicyclic) bond motifs is 3. The van der Waals surface area contributed by atoms with Gasteiger partial charge in [-0.05, 0) is 12.1 Å². The topological polar surface area (TPSA) is 97.3 Å². The van der Waals surface area contributed by atoms with E-state index in [1.165, 1.54) is 0 Å². The predicted octanol–water partition coefficient (Wildman–Crippen LogP) is 0.826. The number of anilines is 1. The highest BCUT2D eigenvalue weighted by atomic mass is 32.2.